The van der Waals surface area contributed by atoms with E-state index in [4.69, 9.17) is 4.74 Å². The van der Waals surface area contributed by atoms with E-state index in [0.29, 0.717) is 12.5 Å². The summed E-state index contributed by atoms with van der Waals surface area (Å²) in [6.45, 7) is 10.4. The molecule has 2 unspecified atom stereocenters. The van der Waals surface area contributed by atoms with Crippen molar-refractivity contribution in [2.45, 2.75) is 52.5 Å². The number of carbonyl (C=O) groups is 1. The fraction of sp³-hybridized carbons (Fsp3) is 0.933. The van der Waals surface area contributed by atoms with Crippen molar-refractivity contribution >= 4 is 5.97 Å². The molecule has 0 saturated heterocycles. The van der Waals surface area contributed by atoms with Crippen molar-refractivity contribution in [1.82, 2.24) is 10.2 Å². The van der Waals surface area contributed by atoms with Crippen LogP contribution < -0.4 is 5.32 Å². The van der Waals surface area contributed by atoms with Crippen LogP contribution >= 0.6 is 0 Å². The van der Waals surface area contributed by atoms with E-state index in [-0.39, 0.29) is 5.97 Å². The molecule has 4 heteroatoms. The Bertz CT molecular complexity index is 257. The standard InChI is InChI=1S/C15H32N2O2/c1-7-13(4)12-15(8-2,14(18)19-9-3)16-10-11-17(5)6/h13,16H,7-12H2,1-6H3. The molecule has 19 heavy (non-hydrogen) atoms. The molecular formula is C15H32N2O2. The monoisotopic (exact) mass is 272 g/mol. The predicted molar refractivity (Wildman–Crippen MR) is 80.3 cm³/mol. The minimum atomic E-state index is -0.526. The van der Waals surface area contributed by atoms with Gasteiger partial charge in [0.1, 0.15) is 5.54 Å². The first kappa shape index (κ1) is 18.4. The van der Waals surface area contributed by atoms with Crippen LogP contribution in [0.2, 0.25) is 0 Å². The summed E-state index contributed by atoms with van der Waals surface area (Å²) in [5, 5.41) is 3.45. The number of likely N-dealkylation sites (N-methyl/N-ethyl adjacent to an activating group) is 1. The van der Waals surface area contributed by atoms with Gasteiger partial charge in [0.05, 0.1) is 6.61 Å². The Morgan fingerprint density at radius 3 is 2.37 bits per heavy atom. The highest BCUT2D eigenvalue weighted by Crippen LogP contribution is 2.24. The maximum Gasteiger partial charge on any atom is 0.326 e. The molecule has 0 fully saturated rings. The molecule has 114 valence electrons. The summed E-state index contributed by atoms with van der Waals surface area (Å²) in [6.07, 6.45) is 2.69. The second kappa shape index (κ2) is 9.32. The summed E-state index contributed by atoms with van der Waals surface area (Å²) in [5.41, 5.74) is -0.526. The van der Waals surface area contributed by atoms with Crippen LogP contribution in [-0.2, 0) is 9.53 Å². The molecule has 0 rings (SSSR count). The molecular weight excluding hydrogens is 240 g/mol. The van der Waals surface area contributed by atoms with Gasteiger partial charge in [-0.2, -0.15) is 0 Å². The van der Waals surface area contributed by atoms with Crippen molar-refractivity contribution in [3.05, 3.63) is 0 Å². The smallest absolute Gasteiger partial charge is 0.326 e. The van der Waals surface area contributed by atoms with Crippen LogP contribution in [0.1, 0.15) is 47.0 Å². The maximum atomic E-state index is 12.3. The molecule has 0 amide bonds. The molecule has 0 heterocycles. The third-order valence-corrected chi connectivity index (χ3v) is 3.69. The third kappa shape index (κ3) is 6.39. The molecule has 0 saturated carbocycles. The predicted octanol–water partition coefficient (Wildman–Crippen LogP) is 2.29. The molecule has 0 spiro atoms. The number of nitrogens with one attached hydrogen (secondary N) is 1. The normalized spacial score (nSPS) is 16.2. The van der Waals surface area contributed by atoms with Crippen LogP contribution in [0.25, 0.3) is 0 Å². The third-order valence-electron chi connectivity index (χ3n) is 3.69. The van der Waals surface area contributed by atoms with Gasteiger partial charge in [0, 0.05) is 13.1 Å². The molecule has 0 aromatic rings. The SMILES string of the molecule is CCOC(=O)C(CC)(CC(C)CC)NCCN(C)C. The topological polar surface area (TPSA) is 41.6 Å². The number of hydrogen-bond donors (Lipinski definition) is 1. The van der Waals surface area contributed by atoms with Crippen molar-refractivity contribution in [3.8, 4) is 0 Å². The van der Waals surface area contributed by atoms with Crippen molar-refractivity contribution < 1.29 is 9.53 Å². The summed E-state index contributed by atoms with van der Waals surface area (Å²) >= 11 is 0. The van der Waals surface area contributed by atoms with Gasteiger partial charge >= 0.3 is 5.97 Å². The average molecular weight is 272 g/mol. The second-order valence-corrected chi connectivity index (χ2v) is 5.60. The first-order chi connectivity index (χ1) is 8.91. The van der Waals surface area contributed by atoms with Gasteiger partial charge in [0.25, 0.3) is 0 Å². The van der Waals surface area contributed by atoms with Gasteiger partial charge < -0.3 is 15.0 Å². The summed E-state index contributed by atoms with van der Waals surface area (Å²) in [7, 11) is 4.07. The van der Waals surface area contributed by atoms with E-state index in [1.54, 1.807) is 0 Å². The lowest BCUT2D eigenvalue weighted by atomic mass is 9.84. The molecule has 0 bridgehead atoms. The van der Waals surface area contributed by atoms with Gasteiger partial charge in [0.15, 0.2) is 0 Å². The lowest BCUT2D eigenvalue weighted by molar-refractivity contribution is -0.152. The van der Waals surface area contributed by atoms with E-state index in [1.807, 2.05) is 21.0 Å². The Hall–Kier alpha value is -0.610. The zero-order valence-electron chi connectivity index (χ0n) is 13.6. The number of rotatable bonds is 10. The summed E-state index contributed by atoms with van der Waals surface area (Å²) in [5.74, 6) is 0.410. The molecule has 0 aromatic carbocycles. The van der Waals surface area contributed by atoms with Crippen molar-refractivity contribution in [3.63, 3.8) is 0 Å². The number of hydrogen-bond acceptors (Lipinski definition) is 4. The fourth-order valence-corrected chi connectivity index (χ4v) is 2.17. The zero-order valence-corrected chi connectivity index (χ0v) is 13.6. The Balaban J connectivity index is 4.78. The Morgan fingerprint density at radius 1 is 1.32 bits per heavy atom. The number of ether oxygens (including phenoxy) is 1. The second-order valence-electron chi connectivity index (χ2n) is 5.60. The van der Waals surface area contributed by atoms with E-state index >= 15 is 0 Å². The molecule has 0 aliphatic carbocycles. The van der Waals surface area contributed by atoms with Gasteiger partial charge in [0.2, 0.25) is 0 Å². The lowest BCUT2D eigenvalue weighted by Crippen LogP contribution is -2.55. The number of esters is 1. The summed E-state index contributed by atoms with van der Waals surface area (Å²) in [4.78, 5) is 14.4. The summed E-state index contributed by atoms with van der Waals surface area (Å²) in [6, 6.07) is 0. The van der Waals surface area contributed by atoms with Crippen molar-refractivity contribution in [2.24, 2.45) is 5.92 Å². The first-order valence-electron chi connectivity index (χ1n) is 7.48. The molecule has 4 nitrogen and oxygen atoms in total. The van der Waals surface area contributed by atoms with Gasteiger partial charge in [-0.1, -0.05) is 27.2 Å². The van der Waals surface area contributed by atoms with Crippen molar-refractivity contribution in [2.75, 3.05) is 33.8 Å². The van der Waals surface area contributed by atoms with Crippen LogP contribution in [0.4, 0.5) is 0 Å². The molecule has 0 radical (unpaired) electrons. The maximum absolute atomic E-state index is 12.3. The minimum absolute atomic E-state index is 0.100. The van der Waals surface area contributed by atoms with Gasteiger partial charge in [-0.05, 0) is 39.8 Å². The first-order valence-corrected chi connectivity index (χ1v) is 7.48. The Morgan fingerprint density at radius 2 is 1.95 bits per heavy atom. The fourth-order valence-electron chi connectivity index (χ4n) is 2.17. The highest BCUT2D eigenvalue weighted by molar-refractivity contribution is 5.80. The van der Waals surface area contributed by atoms with E-state index in [9.17, 15) is 4.79 Å². The van der Waals surface area contributed by atoms with E-state index in [0.717, 1.165) is 32.4 Å². The van der Waals surface area contributed by atoms with E-state index in [1.165, 1.54) is 0 Å². The molecule has 2 atom stereocenters. The molecule has 0 aliphatic rings. The number of nitrogens with zero attached hydrogens (tertiary/aromatic N) is 1. The molecule has 0 aliphatic heterocycles. The Kier molecular flexibility index (Phi) is 9.02. The van der Waals surface area contributed by atoms with Gasteiger partial charge in [-0.25, -0.2) is 0 Å². The molecule has 0 aromatic heterocycles. The highest BCUT2D eigenvalue weighted by atomic mass is 16.5. The lowest BCUT2D eigenvalue weighted by Gasteiger charge is -2.34. The zero-order chi connectivity index (χ0) is 14.9. The van der Waals surface area contributed by atoms with E-state index in [2.05, 4.69) is 31.0 Å². The molecule has 1 N–H and O–H groups in total. The largest absolute Gasteiger partial charge is 0.465 e. The van der Waals surface area contributed by atoms with Crippen LogP contribution in [0, 0.1) is 5.92 Å². The van der Waals surface area contributed by atoms with Crippen LogP contribution in [0.3, 0.4) is 0 Å². The number of carbonyl (C=O) groups excluding carboxylic acids is 1. The quantitative estimate of drug-likeness (QED) is 0.620. The van der Waals surface area contributed by atoms with Crippen LogP contribution in [-0.4, -0.2) is 50.2 Å². The van der Waals surface area contributed by atoms with Gasteiger partial charge in [-0.15, -0.1) is 0 Å². The van der Waals surface area contributed by atoms with Crippen molar-refractivity contribution in [1.29, 1.82) is 0 Å². The highest BCUT2D eigenvalue weighted by Gasteiger charge is 2.38. The Labute approximate surface area is 118 Å². The van der Waals surface area contributed by atoms with Crippen LogP contribution in [0.15, 0.2) is 0 Å². The summed E-state index contributed by atoms with van der Waals surface area (Å²) < 4.78 is 5.29. The minimum Gasteiger partial charge on any atom is -0.465 e. The van der Waals surface area contributed by atoms with Gasteiger partial charge in [-0.3, -0.25) is 4.79 Å². The average Bonchev–Trinajstić information content (AvgIpc) is 2.37. The van der Waals surface area contributed by atoms with Crippen LogP contribution in [0.5, 0.6) is 0 Å². The van der Waals surface area contributed by atoms with E-state index < -0.39 is 5.54 Å².